The summed E-state index contributed by atoms with van der Waals surface area (Å²) in [6.07, 6.45) is 0. The summed E-state index contributed by atoms with van der Waals surface area (Å²) in [5.41, 5.74) is 2.40. The maximum atomic E-state index is 5.96. The van der Waals surface area contributed by atoms with Crippen molar-refractivity contribution in [1.82, 2.24) is 0 Å². The molecule has 0 radical (unpaired) electrons. The summed E-state index contributed by atoms with van der Waals surface area (Å²) in [5.74, 6) is 0. The second kappa shape index (κ2) is 4.32. The predicted molar refractivity (Wildman–Crippen MR) is 69.6 cm³/mol. The first-order chi connectivity index (χ1) is 6.77. The normalized spacial score (nSPS) is 10.1. The summed E-state index contributed by atoms with van der Waals surface area (Å²) in [4.78, 5) is 0. The first-order valence-corrected chi connectivity index (χ1v) is 5.73. The standard InChI is InChI=1S/C12H8ClI/c13-10-6-7-12(14)11(8-10)9-4-2-1-3-5-9/h1-8H. The van der Waals surface area contributed by atoms with Crippen molar-refractivity contribution in [2.45, 2.75) is 0 Å². The molecule has 0 saturated heterocycles. The summed E-state index contributed by atoms with van der Waals surface area (Å²) in [6, 6.07) is 16.2. The fraction of sp³-hybridized carbons (Fsp3) is 0. The highest BCUT2D eigenvalue weighted by Crippen LogP contribution is 2.27. The first-order valence-electron chi connectivity index (χ1n) is 4.28. The Balaban J connectivity index is 2.57. The Bertz CT molecular complexity index is 437. The van der Waals surface area contributed by atoms with E-state index in [0.29, 0.717) is 0 Å². The van der Waals surface area contributed by atoms with Crippen molar-refractivity contribution in [2.24, 2.45) is 0 Å². The Hall–Kier alpha value is -0.540. The van der Waals surface area contributed by atoms with Crippen molar-refractivity contribution in [1.29, 1.82) is 0 Å². The highest BCUT2D eigenvalue weighted by Gasteiger charge is 2.02. The molecule has 0 unspecified atom stereocenters. The molecule has 0 atom stereocenters. The quantitative estimate of drug-likeness (QED) is 0.674. The predicted octanol–water partition coefficient (Wildman–Crippen LogP) is 4.61. The van der Waals surface area contributed by atoms with Gasteiger partial charge in [0.1, 0.15) is 0 Å². The molecule has 2 aromatic carbocycles. The van der Waals surface area contributed by atoms with Crippen LogP contribution in [0.1, 0.15) is 0 Å². The SMILES string of the molecule is Clc1ccc(I)c(-c2ccccc2)c1. The molecule has 0 aromatic heterocycles. The lowest BCUT2D eigenvalue weighted by Gasteiger charge is -2.04. The van der Waals surface area contributed by atoms with Gasteiger partial charge in [-0.2, -0.15) is 0 Å². The molecule has 0 fully saturated rings. The van der Waals surface area contributed by atoms with Crippen LogP contribution in [0.5, 0.6) is 0 Å². The third-order valence-corrected chi connectivity index (χ3v) is 3.19. The van der Waals surface area contributed by atoms with Crippen LogP contribution in [0.4, 0.5) is 0 Å². The highest BCUT2D eigenvalue weighted by atomic mass is 127. The zero-order valence-corrected chi connectivity index (χ0v) is 10.3. The van der Waals surface area contributed by atoms with Crippen LogP contribution in [0.2, 0.25) is 5.02 Å². The lowest BCUT2D eigenvalue weighted by atomic mass is 10.1. The second-order valence-electron chi connectivity index (χ2n) is 2.99. The zero-order chi connectivity index (χ0) is 9.97. The molecule has 2 rings (SSSR count). The van der Waals surface area contributed by atoms with Gasteiger partial charge < -0.3 is 0 Å². The lowest BCUT2D eigenvalue weighted by Crippen LogP contribution is -1.81. The van der Waals surface area contributed by atoms with Crippen LogP contribution < -0.4 is 0 Å². The minimum Gasteiger partial charge on any atom is -0.0843 e. The van der Waals surface area contributed by atoms with Crippen molar-refractivity contribution < 1.29 is 0 Å². The molecule has 0 N–H and O–H groups in total. The van der Waals surface area contributed by atoms with Crippen LogP contribution in [0, 0.1) is 3.57 Å². The maximum Gasteiger partial charge on any atom is 0.0412 e. The van der Waals surface area contributed by atoms with Gasteiger partial charge in [0.15, 0.2) is 0 Å². The van der Waals surface area contributed by atoms with E-state index in [1.807, 2.05) is 36.4 Å². The Morgan fingerprint density at radius 1 is 0.929 bits per heavy atom. The van der Waals surface area contributed by atoms with Gasteiger partial charge in [-0.1, -0.05) is 41.9 Å². The van der Waals surface area contributed by atoms with Gasteiger partial charge >= 0.3 is 0 Å². The van der Waals surface area contributed by atoms with E-state index in [-0.39, 0.29) is 0 Å². The number of rotatable bonds is 1. The number of hydrogen-bond acceptors (Lipinski definition) is 0. The lowest BCUT2D eigenvalue weighted by molar-refractivity contribution is 1.58. The number of halogens is 2. The van der Waals surface area contributed by atoms with E-state index in [9.17, 15) is 0 Å². The summed E-state index contributed by atoms with van der Waals surface area (Å²) >= 11 is 8.29. The molecule has 2 aromatic rings. The average Bonchev–Trinajstić information content (AvgIpc) is 2.23. The average molecular weight is 315 g/mol. The molecule has 0 aliphatic carbocycles. The van der Waals surface area contributed by atoms with E-state index in [4.69, 9.17) is 11.6 Å². The van der Waals surface area contributed by atoms with Crippen LogP contribution in [0.25, 0.3) is 11.1 Å². The van der Waals surface area contributed by atoms with Crippen LogP contribution in [-0.2, 0) is 0 Å². The van der Waals surface area contributed by atoms with Gasteiger partial charge in [-0.05, 0) is 51.9 Å². The van der Waals surface area contributed by atoms with Crippen molar-refractivity contribution in [3.63, 3.8) is 0 Å². The first kappa shape index (κ1) is 9.99. The summed E-state index contributed by atoms with van der Waals surface area (Å²) in [6.45, 7) is 0. The molecule has 2 heteroatoms. The number of hydrogen-bond donors (Lipinski definition) is 0. The molecule has 70 valence electrons. The smallest absolute Gasteiger partial charge is 0.0412 e. The van der Waals surface area contributed by atoms with E-state index >= 15 is 0 Å². The Morgan fingerprint density at radius 2 is 1.64 bits per heavy atom. The van der Waals surface area contributed by atoms with Crippen LogP contribution >= 0.6 is 34.2 Å². The molecule has 0 heterocycles. The van der Waals surface area contributed by atoms with Gasteiger partial charge in [0, 0.05) is 8.59 Å². The van der Waals surface area contributed by atoms with E-state index in [0.717, 1.165) is 5.02 Å². The van der Waals surface area contributed by atoms with Gasteiger partial charge in [-0.3, -0.25) is 0 Å². The monoisotopic (exact) mass is 314 g/mol. The third kappa shape index (κ3) is 2.10. The molecule has 0 bridgehead atoms. The topological polar surface area (TPSA) is 0 Å². The molecule has 14 heavy (non-hydrogen) atoms. The number of benzene rings is 2. The van der Waals surface area contributed by atoms with Crippen molar-refractivity contribution >= 4 is 34.2 Å². The van der Waals surface area contributed by atoms with Gasteiger partial charge in [-0.15, -0.1) is 0 Å². The fourth-order valence-corrected chi connectivity index (χ4v) is 2.16. The van der Waals surface area contributed by atoms with Crippen molar-refractivity contribution in [3.8, 4) is 11.1 Å². The summed E-state index contributed by atoms with van der Waals surface area (Å²) in [7, 11) is 0. The Labute approximate surface area is 102 Å². The molecule has 0 aliphatic heterocycles. The van der Waals surface area contributed by atoms with Crippen LogP contribution in [-0.4, -0.2) is 0 Å². The molecule has 0 nitrogen and oxygen atoms in total. The highest BCUT2D eigenvalue weighted by molar-refractivity contribution is 14.1. The van der Waals surface area contributed by atoms with E-state index in [1.54, 1.807) is 0 Å². The summed E-state index contributed by atoms with van der Waals surface area (Å²) < 4.78 is 1.22. The van der Waals surface area contributed by atoms with Crippen molar-refractivity contribution in [2.75, 3.05) is 0 Å². The van der Waals surface area contributed by atoms with Gasteiger partial charge in [0.05, 0.1) is 0 Å². The van der Waals surface area contributed by atoms with Crippen molar-refractivity contribution in [3.05, 3.63) is 57.1 Å². The largest absolute Gasteiger partial charge is 0.0843 e. The minimum atomic E-state index is 0.782. The molecular formula is C12H8ClI. The van der Waals surface area contributed by atoms with E-state index < -0.39 is 0 Å². The van der Waals surface area contributed by atoms with Crippen LogP contribution in [0.3, 0.4) is 0 Å². The molecular weight excluding hydrogens is 306 g/mol. The zero-order valence-electron chi connectivity index (χ0n) is 7.37. The van der Waals surface area contributed by atoms with Gasteiger partial charge in [0.25, 0.3) is 0 Å². The molecule has 0 spiro atoms. The van der Waals surface area contributed by atoms with Gasteiger partial charge in [-0.25, -0.2) is 0 Å². The maximum absolute atomic E-state index is 5.96. The molecule has 0 aliphatic rings. The third-order valence-electron chi connectivity index (χ3n) is 2.01. The summed E-state index contributed by atoms with van der Waals surface area (Å²) in [5, 5.41) is 0.782. The van der Waals surface area contributed by atoms with E-state index in [2.05, 4.69) is 34.7 Å². The minimum absolute atomic E-state index is 0.782. The Kier molecular flexibility index (Phi) is 3.08. The van der Waals surface area contributed by atoms with Crippen LogP contribution in [0.15, 0.2) is 48.5 Å². The fourth-order valence-electron chi connectivity index (χ4n) is 1.34. The Morgan fingerprint density at radius 3 is 2.36 bits per heavy atom. The molecule has 0 amide bonds. The second-order valence-corrected chi connectivity index (χ2v) is 4.59. The van der Waals surface area contributed by atoms with E-state index in [1.165, 1.54) is 14.7 Å². The molecule has 0 saturated carbocycles. The van der Waals surface area contributed by atoms with Gasteiger partial charge in [0.2, 0.25) is 0 Å².